The lowest BCUT2D eigenvalue weighted by molar-refractivity contribution is 0.221. The minimum atomic E-state index is -0.813. The van der Waals surface area contributed by atoms with Crippen LogP contribution < -0.4 is 0 Å². The van der Waals surface area contributed by atoms with Gasteiger partial charge in [-0.15, -0.1) is 11.3 Å². The van der Waals surface area contributed by atoms with E-state index in [1.54, 1.807) is 11.3 Å². The average molecular weight is 351 g/mol. The van der Waals surface area contributed by atoms with Crippen molar-refractivity contribution >= 4 is 37.4 Å². The zero-order valence-electron chi connectivity index (χ0n) is 10.7. The van der Waals surface area contributed by atoms with E-state index in [-0.39, 0.29) is 5.82 Å². The number of benzene rings is 2. The van der Waals surface area contributed by atoms with Crippen LogP contribution in [0.15, 0.2) is 46.3 Å². The van der Waals surface area contributed by atoms with Gasteiger partial charge >= 0.3 is 0 Å². The summed E-state index contributed by atoms with van der Waals surface area (Å²) >= 11 is 5.08. The maximum absolute atomic E-state index is 13.5. The molecule has 0 saturated heterocycles. The SMILES string of the molecule is Cc1cc(F)cc(C(O)c2csc3c(Br)cccc23)c1. The van der Waals surface area contributed by atoms with Crippen molar-refractivity contribution in [3.8, 4) is 0 Å². The number of rotatable bonds is 2. The molecule has 1 unspecified atom stereocenters. The van der Waals surface area contributed by atoms with Gasteiger partial charge in [-0.05, 0) is 62.9 Å². The fraction of sp³-hybridized carbons (Fsp3) is 0.125. The van der Waals surface area contributed by atoms with Gasteiger partial charge in [0.05, 0.1) is 0 Å². The third kappa shape index (κ3) is 2.39. The van der Waals surface area contributed by atoms with Crippen molar-refractivity contribution in [1.82, 2.24) is 0 Å². The largest absolute Gasteiger partial charge is 0.384 e. The van der Waals surface area contributed by atoms with E-state index in [0.29, 0.717) is 5.56 Å². The van der Waals surface area contributed by atoms with Gasteiger partial charge in [0.1, 0.15) is 11.9 Å². The number of thiophene rings is 1. The number of halogens is 2. The molecule has 1 heterocycles. The molecule has 3 rings (SSSR count). The molecular weight excluding hydrogens is 339 g/mol. The van der Waals surface area contributed by atoms with Gasteiger partial charge in [0.25, 0.3) is 0 Å². The standard InChI is InChI=1S/C16H12BrFOS/c1-9-5-10(7-11(18)6-9)15(19)13-8-20-16-12(13)3-2-4-14(16)17/h2-8,15,19H,1H3. The molecule has 0 aliphatic rings. The predicted molar refractivity (Wildman–Crippen MR) is 84.7 cm³/mol. The smallest absolute Gasteiger partial charge is 0.123 e. The Morgan fingerprint density at radius 3 is 2.80 bits per heavy atom. The zero-order chi connectivity index (χ0) is 14.3. The number of aryl methyl sites for hydroxylation is 1. The summed E-state index contributed by atoms with van der Waals surface area (Å²) < 4.78 is 15.6. The summed E-state index contributed by atoms with van der Waals surface area (Å²) in [5.74, 6) is -0.320. The second-order valence-electron chi connectivity index (χ2n) is 4.77. The first kappa shape index (κ1) is 13.7. The monoisotopic (exact) mass is 350 g/mol. The van der Waals surface area contributed by atoms with E-state index >= 15 is 0 Å². The second kappa shape index (κ2) is 5.28. The highest BCUT2D eigenvalue weighted by molar-refractivity contribution is 9.10. The van der Waals surface area contributed by atoms with Crippen molar-refractivity contribution in [3.63, 3.8) is 0 Å². The Morgan fingerprint density at radius 1 is 1.25 bits per heavy atom. The first-order chi connectivity index (χ1) is 9.56. The molecule has 0 fully saturated rings. The zero-order valence-corrected chi connectivity index (χ0v) is 13.1. The van der Waals surface area contributed by atoms with Crippen LogP contribution >= 0.6 is 27.3 Å². The van der Waals surface area contributed by atoms with Gasteiger partial charge in [0.15, 0.2) is 0 Å². The van der Waals surface area contributed by atoms with Crippen LogP contribution in [0.4, 0.5) is 4.39 Å². The highest BCUT2D eigenvalue weighted by Gasteiger charge is 2.17. The maximum Gasteiger partial charge on any atom is 0.123 e. The Balaban J connectivity index is 2.13. The van der Waals surface area contributed by atoms with E-state index in [9.17, 15) is 9.50 Å². The highest BCUT2D eigenvalue weighted by Crippen LogP contribution is 2.37. The van der Waals surface area contributed by atoms with Crippen molar-refractivity contribution in [2.24, 2.45) is 0 Å². The van der Waals surface area contributed by atoms with Crippen molar-refractivity contribution in [3.05, 3.63) is 68.8 Å². The number of hydrogen-bond donors (Lipinski definition) is 1. The lowest BCUT2D eigenvalue weighted by atomic mass is 9.99. The van der Waals surface area contributed by atoms with Crippen molar-refractivity contribution in [1.29, 1.82) is 0 Å². The fourth-order valence-corrected chi connectivity index (χ4v) is 4.00. The van der Waals surface area contributed by atoms with E-state index in [2.05, 4.69) is 15.9 Å². The van der Waals surface area contributed by atoms with Crippen LogP contribution in [0.3, 0.4) is 0 Å². The van der Waals surface area contributed by atoms with Crippen molar-refractivity contribution < 1.29 is 9.50 Å². The van der Waals surface area contributed by atoms with E-state index in [4.69, 9.17) is 0 Å². The topological polar surface area (TPSA) is 20.2 Å². The van der Waals surface area contributed by atoms with Gasteiger partial charge in [0.2, 0.25) is 0 Å². The van der Waals surface area contributed by atoms with Crippen LogP contribution in [0, 0.1) is 12.7 Å². The third-order valence-electron chi connectivity index (χ3n) is 3.26. The van der Waals surface area contributed by atoms with Gasteiger partial charge in [-0.2, -0.15) is 0 Å². The van der Waals surface area contributed by atoms with E-state index in [0.717, 1.165) is 25.7 Å². The summed E-state index contributed by atoms with van der Waals surface area (Å²) in [4.78, 5) is 0. The van der Waals surface area contributed by atoms with E-state index in [1.165, 1.54) is 12.1 Å². The molecule has 20 heavy (non-hydrogen) atoms. The molecule has 0 amide bonds. The summed E-state index contributed by atoms with van der Waals surface area (Å²) in [6, 6.07) is 10.5. The van der Waals surface area contributed by atoms with Crippen molar-refractivity contribution in [2.45, 2.75) is 13.0 Å². The molecule has 102 valence electrons. The Bertz CT molecular complexity index is 761. The van der Waals surface area contributed by atoms with E-state index < -0.39 is 6.10 Å². The molecular formula is C16H12BrFOS. The van der Waals surface area contributed by atoms with Crippen LogP contribution in [0.1, 0.15) is 22.8 Å². The first-order valence-corrected chi connectivity index (χ1v) is 7.84. The second-order valence-corrected chi connectivity index (χ2v) is 6.51. The molecule has 1 nitrogen and oxygen atoms in total. The quantitative estimate of drug-likeness (QED) is 0.673. The van der Waals surface area contributed by atoms with Gasteiger partial charge in [-0.25, -0.2) is 4.39 Å². The predicted octanol–water partition coefficient (Wildman–Crippen LogP) is 5.19. The molecule has 1 N–H and O–H groups in total. The van der Waals surface area contributed by atoms with Crippen LogP contribution in [-0.4, -0.2) is 5.11 Å². The molecule has 0 spiro atoms. The number of aliphatic hydroxyl groups is 1. The molecule has 0 aliphatic heterocycles. The molecule has 4 heteroatoms. The minimum Gasteiger partial charge on any atom is -0.384 e. The fourth-order valence-electron chi connectivity index (χ4n) is 2.36. The van der Waals surface area contributed by atoms with Gasteiger partial charge < -0.3 is 5.11 Å². The third-order valence-corrected chi connectivity index (χ3v) is 5.23. The molecule has 0 radical (unpaired) electrons. The molecule has 0 aliphatic carbocycles. The Labute approximate surface area is 128 Å². The van der Waals surface area contributed by atoms with Gasteiger partial charge in [-0.1, -0.05) is 18.2 Å². The van der Waals surface area contributed by atoms with Gasteiger partial charge in [-0.3, -0.25) is 0 Å². The van der Waals surface area contributed by atoms with Crippen LogP contribution in [0.25, 0.3) is 10.1 Å². The molecule has 0 bridgehead atoms. The van der Waals surface area contributed by atoms with Crippen LogP contribution in [-0.2, 0) is 0 Å². The number of fused-ring (bicyclic) bond motifs is 1. The summed E-state index contributed by atoms with van der Waals surface area (Å²) in [6.45, 7) is 1.82. The molecule has 1 atom stereocenters. The van der Waals surface area contributed by atoms with Crippen LogP contribution in [0.2, 0.25) is 0 Å². The average Bonchev–Trinajstić information content (AvgIpc) is 2.82. The minimum absolute atomic E-state index is 0.320. The Hall–Kier alpha value is -1.23. The Morgan fingerprint density at radius 2 is 2.05 bits per heavy atom. The summed E-state index contributed by atoms with van der Waals surface area (Å²) in [5, 5.41) is 13.5. The molecule has 3 aromatic rings. The van der Waals surface area contributed by atoms with Crippen LogP contribution in [0.5, 0.6) is 0 Å². The summed E-state index contributed by atoms with van der Waals surface area (Å²) in [7, 11) is 0. The normalized spacial score (nSPS) is 12.8. The van der Waals surface area contributed by atoms with E-state index in [1.807, 2.05) is 36.6 Å². The maximum atomic E-state index is 13.5. The molecule has 2 aromatic carbocycles. The highest BCUT2D eigenvalue weighted by atomic mass is 79.9. The number of aliphatic hydroxyl groups excluding tert-OH is 1. The Kier molecular flexibility index (Phi) is 3.63. The summed E-state index contributed by atoms with van der Waals surface area (Å²) in [5.41, 5.74) is 2.21. The first-order valence-electron chi connectivity index (χ1n) is 6.17. The van der Waals surface area contributed by atoms with Crippen molar-refractivity contribution in [2.75, 3.05) is 0 Å². The molecule has 0 saturated carbocycles. The van der Waals surface area contributed by atoms with Gasteiger partial charge in [0, 0.05) is 14.7 Å². The summed E-state index contributed by atoms with van der Waals surface area (Å²) in [6.07, 6.45) is -0.813. The molecule has 1 aromatic heterocycles. The number of hydrogen-bond acceptors (Lipinski definition) is 2. The lowest BCUT2D eigenvalue weighted by Gasteiger charge is -2.11. The lowest BCUT2D eigenvalue weighted by Crippen LogP contribution is -2.00.